The van der Waals surface area contributed by atoms with Gasteiger partial charge in [0.2, 0.25) is 11.8 Å². The molecule has 0 bridgehead atoms. The smallest absolute Gasteiger partial charge is 0.343 e. The van der Waals surface area contributed by atoms with Gasteiger partial charge in [0.1, 0.15) is 6.04 Å². The van der Waals surface area contributed by atoms with Crippen molar-refractivity contribution < 1.29 is 27.2 Å². The SMILES string of the molecule is C[N+]1(C(CCN)CCN)CCC(CC(N)C(=O)N[C@@H](Cc2ccc(C(F)(F)F)cc2)C(=O)Nc2cnc3ccccc3c2)C1. The van der Waals surface area contributed by atoms with Crippen LogP contribution in [0.15, 0.2) is 60.8 Å². The van der Waals surface area contributed by atoms with E-state index in [2.05, 4.69) is 22.7 Å². The summed E-state index contributed by atoms with van der Waals surface area (Å²) in [7, 11) is 2.20. The first-order valence-corrected chi connectivity index (χ1v) is 15.0. The number of nitrogens with one attached hydrogen (secondary N) is 2. The summed E-state index contributed by atoms with van der Waals surface area (Å²) in [4.78, 5) is 31.2. The van der Waals surface area contributed by atoms with Gasteiger partial charge in [-0.2, -0.15) is 13.2 Å². The first kappa shape index (κ1) is 33.3. The van der Waals surface area contributed by atoms with E-state index in [0.717, 1.165) is 59.9 Å². The second kappa shape index (κ2) is 14.5. The zero-order chi connectivity index (χ0) is 31.9. The molecular formula is C32H43F3N7O2+. The van der Waals surface area contributed by atoms with E-state index < -0.39 is 35.6 Å². The van der Waals surface area contributed by atoms with Crippen molar-refractivity contribution in [3.05, 3.63) is 71.9 Å². The lowest BCUT2D eigenvalue weighted by atomic mass is 9.97. The van der Waals surface area contributed by atoms with Crippen molar-refractivity contribution in [1.29, 1.82) is 0 Å². The molecule has 9 nitrogen and oxygen atoms in total. The number of carbonyl (C=O) groups excluding carboxylic acids is 2. The molecule has 12 heteroatoms. The number of para-hydroxylation sites is 1. The van der Waals surface area contributed by atoms with Gasteiger partial charge in [-0.1, -0.05) is 30.3 Å². The molecule has 1 saturated heterocycles. The van der Waals surface area contributed by atoms with Crippen LogP contribution in [0.2, 0.25) is 0 Å². The van der Waals surface area contributed by atoms with Crippen LogP contribution in [0.3, 0.4) is 0 Å². The fraction of sp³-hybridized carbons (Fsp3) is 0.469. The molecule has 44 heavy (non-hydrogen) atoms. The molecule has 238 valence electrons. The third kappa shape index (κ3) is 8.53. The number of pyridine rings is 1. The number of carbonyl (C=O) groups is 2. The fourth-order valence-corrected chi connectivity index (χ4v) is 6.31. The Bertz CT molecular complexity index is 1410. The second-order valence-corrected chi connectivity index (χ2v) is 12.1. The number of nitrogens with two attached hydrogens (primary N) is 3. The maximum absolute atomic E-state index is 13.5. The number of hydrogen-bond donors (Lipinski definition) is 5. The first-order valence-electron chi connectivity index (χ1n) is 15.0. The Hall–Kier alpha value is -3.58. The van der Waals surface area contributed by atoms with Gasteiger partial charge < -0.3 is 32.3 Å². The van der Waals surface area contributed by atoms with E-state index in [1.807, 2.05) is 24.3 Å². The molecule has 2 aromatic carbocycles. The molecule has 4 atom stereocenters. The van der Waals surface area contributed by atoms with Crippen molar-refractivity contribution in [2.24, 2.45) is 23.1 Å². The van der Waals surface area contributed by atoms with Crippen LogP contribution in [0, 0.1) is 5.92 Å². The van der Waals surface area contributed by atoms with E-state index >= 15 is 0 Å². The summed E-state index contributed by atoms with van der Waals surface area (Å²) in [5.41, 5.74) is 18.9. The number of alkyl halides is 3. The van der Waals surface area contributed by atoms with Crippen molar-refractivity contribution in [1.82, 2.24) is 10.3 Å². The molecule has 4 rings (SSSR count). The Morgan fingerprint density at radius 2 is 1.73 bits per heavy atom. The minimum atomic E-state index is -4.48. The number of amides is 2. The third-order valence-electron chi connectivity index (χ3n) is 8.74. The van der Waals surface area contributed by atoms with Gasteiger partial charge in [-0.15, -0.1) is 0 Å². The van der Waals surface area contributed by atoms with Gasteiger partial charge in [0.15, 0.2) is 0 Å². The molecule has 0 saturated carbocycles. The number of hydrogen-bond acceptors (Lipinski definition) is 6. The maximum Gasteiger partial charge on any atom is 0.416 e. The molecule has 2 amide bonds. The summed E-state index contributed by atoms with van der Waals surface area (Å²) in [6, 6.07) is 12.1. The Balaban J connectivity index is 1.46. The third-order valence-corrected chi connectivity index (χ3v) is 8.74. The van der Waals surface area contributed by atoms with E-state index in [9.17, 15) is 22.8 Å². The molecule has 1 aliphatic heterocycles. The summed E-state index contributed by atoms with van der Waals surface area (Å²) in [6.07, 6.45) is 0.112. The van der Waals surface area contributed by atoms with Crippen molar-refractivity contribution in [3.63, 3.8) is 0 Å². The highest BCUT2D eigenvalue weighted by Crippen LogP contribution is 2.31. The summed E-state index contributed by atoms with van der Waals surface area (Å²) >= 11 is 0. The topological polar surface area (TPSA) is 149 Å². The zero-order valence-corrected chi connectivity index (χ0v) is 25.0. The van der Waals surface area contributed by atoms with E-state index in [0.29, 0.717) is 36.8 Å². The van der Waals surface area contributed by atoms with Crippen molar-refractivity contribution in [3.8, 4) is 0 Å². The lowest BCUT2D eigenvalue weighted by molar-refractivity contribution is -0.924. The minimum absolute atomic E-state index is 0.0261. The average molecular weight is 615 g/mol. The van der Waals surface area contributed by atoms with Gasteiger partial charge in [-0.25, -0.2) is 0 Å². The highest BCUT2D eigenvalue weighted by atomic mass is 19.4. The summed E-state index contributed by atoms with van der Waals surface area (Å²) in [5.74, 6) is -0.807. The second-order valence-electron chi connectivity index (χ2n) is 12.1. The number of nitrogens with zero attached hydrogens (tertiary/aromatic N) is 2. The lowest BCUT2D eigenvalue weighted by Gasteiger charge is -2.38. The monoisotopic (exact) mass is 614 g/mol. The van der Waals surface area contributed by atoms with E-state index in [4.69, 9.17) is 17.2 Å². The Morgan fingerprint density at radius 1 is 1.05 bits per heavy atom. The lowest BCUT2D eigenvalue weighted by Crippen LogP contribution is -2.53. The largest absolute Gasteiger partial charge is 0.416 e. The quantitative estimate of drug-likeness (QED) is 0.187. The number of likely N-dealkylation sites (tertiary alicyclic amines) is 1. The van der Waals surface area contributed by atoms with E-state index in [1.54, 1.807) is 6.07 Å². The number of fused-ring (bicyclic) bond motifs is 1. The number of halogens is 3. The molecule has 1 fully saturated rings. The van der Waals surface area contributed by atoms with Gasteiger partial charge in [0.05, 0.1) is 55.2 Å². The van der Waals surface area contributed by atoms with Crippen LogP contribution in [0.25, 0.3) is 10.9 Å². The molecule has 2 heterocycles. The Labute approximate surface area is 255 Å². The predicted molar refractivity (Wildman–Crippen MR) is 165 cm³/mol. The fourth-order valence-electron chi connectivity index (χ4n) is 6.31. The summed E-state index contributed by atoms with van der Waals surface area (Å²) < 4.78 is 40.2. The standard InChI is InChI=1S/C32H42F3N7O2/c1-42(26(10-13-36)11-14-37)15-12-22(20-42)16-27(38)30(43)41-29(17-21-6-8-24(9-7-21)32(33,34)35)31(44)40-25-18-23-4-2-3-5-28(23)39-19-25/h2-9,18-19,22,26-27,29H,10-17,20,36-38H2,1H3,(H-,40,41,43,44)/p+1/t22?,27?,29-,42?/m0/s1. The van der Waals surface area contributed by atoms with Crippen LogP contribution in [0.1, 0.15) is 36.8 Å². The first-order chi connectivity index (χ1) is 20.9. The molecule has 3 unspecified atom stereocenters. The number of benzene rings is 2. The summed E-state index contributed by atoms with van der Waals surface area (Å²) in [6.45, 7) is 2.98. The molecule has 8 N–H and O–H groups in total. The number of quaternary nitrogens is 1. The Morgan fingerprint density at radius 3 is 2.39 bits per heavy atom. The number of rotatable bonds is 13. The molecule has 0 aliphatic carbocycles. The number of anilines is 1. The van der Waals surface area contributed by atoms with Crippen LogP contribution in [0.5, 0.6) is 0 Å². The molecule has 1 aliphatic rings. The minimum Gasteiger partial charge on any atom is -0.343 e. The molecule has 0 spiro atoms. The van der Waals surface area contributed by atoms with Gasteiger partial charge in [-0.3, -0.25) is 14.6 Å². The molecule has 0 radical (unpaired) electrons. The van der Waals surface area contributed by atoms with Gasteiger partial charge in [-0.05, 0) is 49.3 Å². The highest BCUT2D eigenvalue weighted by Gasteiger charge is 2.41. The van der Waals surface area contributed by atoms with Crippen LogP contribution < -0.4 is 27.8 Å². The van der Waals surface area contributed by atoms with Crippen LogP contribution >= 0.6 is 0 Å². The van der Waals surface area contributed by atoms with E-state index in [1.165, 1.54) is 18.3 Å². The van der Waals surface area contributed by atoms with Gasteiger partial charge in [0, 0.05) is 37.0 Å². The average Bonchev–Trinajstić information content (AvgIpc) is 3.37. The van der Waals surface area contributed by atoms with Crippen molar-refractivity contribution in [2.75, 3.05) is 38.5 Å². The van der Waals surface area contributed by atoms with E-state index in [-0.39, 0.29) is 12.3 Å². The zero-order valence-electron chi connectivity index (χ0n) is 25.0. The summed E-state index contributed by atoms with van der Waals surface area (Å²) in [5, 5.41) is 6.38. The molecular weight excluding hydrogens is 571 g/mol. The Kier molecular flexibility index (Phi) is 11.0. The van der Waals surface area contributed by atoms with Crippen LogP contribution in [0.4, 0.5) is 18.9 Å². The maximum atomic E-state index is 13.5. The molecule has 1 aromatic heterocycles. The van der Waals surface area contributed by atoms with Crippen LogP contribution in [-0.2, 0) is 22.2 Å². The van der Waals surface area contributed by atoms with Crippen LogP contribution in [-0.4, -0.2) is 72.6 Å². The molecule has 3 aromatic rings. The predicted octanol–water partition coefficient (Wildman–Crippen LogP) is 3.17. The normalized spacial score (nSPS) is 20.0. The van der Waals surface area contributed by atoms with Crippen molar-refractivity contribution in [2.45, 2.75) is 56.4 Å². The van der Waals surface area contributed by atoms with Gasteiger partial charge >= 0.3 is 6.18 Å². The van der Waals surface area contributed by atoms with Gasteiger partial charge in [0.25, 0.3) is 0 Å². The number of aromatic nitrogens is 1. The highest BCUT2D eigenvalue weighted by molar-refractivity contribution is 5.99. The van der Waals surface area contributed by atoms with Crippen molar-refractivity contribution >= 4 is 28.4 Å².